The number of carbonyl (C=O) groups excluding carboxylic acids is 1. The number of amides is 1. The second kappa shape index (κ2) is 5.94. The first-order chi connectivity index (χ1) is 10.6. The maximum absolute atomic E-state index is 12.3. The fraction of sp³-hybridized carbons (Fsp3) is 0.562. The summed E-state index contributed by atoms with van der Waals surface area (Å²) in [6.45, 7) is 6.28. The minimum absolute atomic E-state index is 0.238. The molecule has 0 saturated heterocycles. The molecule has 2 aromatic rings. The van der Waals surface area contributed by atoms with E-state index in [-0.39, 0.29) is 17.6 Å². The topological polar surface area (TPSA) is 73.0 Å². The molecule has 6 heteroatoms. The third-order valence-corrected chi connectivity index (χ3v) is 4.47. The van der Waals surface area contributed by atoms with Gasteiger partial charge in [-0.05, 0) is 32.1 Å². The number of anilines is 1. The Morgan fingerprint density at radius 2 is 2.27 bits per heavy atom. The van der Waals surface area contributed by atoms with Crippen LogP contribution in [0.25, 0.3) is 0 Å². The van der Waals surface area contributed by atoms with E-state index in [1.807, 2.05) is 10.7 Å². The first-order valence-electron chi connectivity index (χ1n) is 7.91. The molecule has 3 rings (SSSR count). The van der Waals surface area contributed by atoms with Crippen molar-refractivity contribution in [2.75, 3.05) is 5.32 Å². The lowest BCUT2D eigenvalue weighted by molar-refractivity contribution is 0.0986. The Morgan fingerprint density at radius 1 is 1.50 bits per heavy atom. The van der Waals surface area contributed by atoms with Gasteiger partial charge in [-0.3, -0.25) is 4.79 Å². The average Bonchev–Trinajstić information content (AvgIpc) is 3.07. The molecule has 0 aromatic carbocycles. The monoisotopic (exact) mass is 302 g/mol. The van der Waals surface area contributed by atoms with Gasteiger partial charge in [0.1, 0.15) is 5.82 Å². The van der Waals surface area contributed by atoms with Crippen molar-refractivity contribution in [3.63, 3.8) is 0 Å². The Bertz CT molecular complexity index is 657. The predicted molar refractivity (Wildman–Crippen MR) is 82.8 cm³/mol. The Labute approximate surface area is 129 Å². The molecule has 1 N–H and O–H groups in total. The largest absolute Gasteiger partial charge is 0.351 e. The summed E-state index contributed by atoms with van der Waals surface area (Å²) < 4.78 is 7.04. The molecular formula is C16H22N4O2. The van der Waals surface area contributed by atoms with Gasteiger partial charge in [-0.1, -0.05) is 19.0 Å². The van der Waals surface area contributed by atoms with Crippen LogP contribution >= 0.6 is 0 Å². The number of nitrogens with zero attached hydrogens (tertiary/aromatic N) is 3. The average molecular weight is 302 g/mol. The molecule has 1 saturated carbocycles. The zero-order chi connectivity index (χ0) is 15.7. The Balaban J connectivity index is 1.72. The van der Waals surface area contributed by atoms with Crippen LogP contribution in [0.2, 0.25) is 0 Å². The van der Waals surface area contributed by atoms with Crippen molar-refractivity contribution >= 4 is 11.7 Å². The maximum atomic E-state index is 12.3. The highest BCUT2D eigenvalue weighted by Crippen LogP contribution is 2.40. The summed E-state index contributed by atoms with van der Waals surface area (Å²) >= 11 is 0. The standard InChI is InChI=1S/C16H22N4O2/c1-4-10(2)13-9-14(22-19-13)16(21)18-15-7-8-17-20(15)11(3)12-5-6-12/h7-12H,4-6H2,1-3H3,(H,18,21)/t10-,11+/m1/s1. The minimum atomic E-state index is -0.285. The Kier molecular flexibility index (Phi) is 4.00. The Hall–Kier alpha value is -2.11. The maximum Gasteiger partial charge on any atom is 0.295 e. The lowest BCUT2D eigenvalue weighted by atomic mass is 10.1. The zero-order valence-corrected chi connectivity index (χ0v) is 13.2. The van der Waals surface area contributed by atoms with Crippen LogP contribution in [-0.4, -0.2) is 20.8 Å². The number of hydrogen-bond acceptors (Lipinski definition) is 4. The molecule has 2 atom stereocenters. The van der Waals surface area contributed by atoms with Crippen molar-refractivity contribution in [1.29, 1.82) is 0 Å². The summed E-state index contributed by atoms with van der Waals surface area (Å²) in [5.41, 5.74) is 0.813. The molecule has 22 heavy (non-hydrogen) atoms. The van der Waals surface area contributed by atoms with Crippen molar-refractivity contribution in [2.24, 2.45) is 5.92 Å². The molecule has 0 radical (unpaired) electrons. The number of aromatic nitrogens is 3. The van der Waals surface area contributed by atoms with Gasteiger partial charge < -0.3 is 9.84 Å². The van der Waals surface area contributed by atoms with E-state index in [4.69, 9.17) is 4.52 Å². The number of hydrogen-bond donors (Lipinski definition) is 1. The third-order valence-electron chi connectivity index (χ3n) is 4.47. The number of rotatable bonds is 6. The van der Waals surface area contributed by atoms with Crippen LogP contribution < -0.4 is 5.32 Å². The molecule has 6 nitrogen and oxygen atoms in total. The van der Waals surface area contributed by atoms with Crippen molar-refractivity contribution in [3.8, 4) is 0 Å². The summed E-state index contributed by atoms with van der Waals surface area (Å²) in [5, 5.41) is 11.2. The highest BCUT2D eigenvalue weighted by atomic mass is 16.5. The summed E-state index contributed by atoms with van der Waals surface area (Å²) in [7, 11) is 0. The van der Waals surface area contributed by atoms with E-state index in [1.165, 1.54) is 12.8 Å². The second-order valence-electron chi connectivity index (χ2n) is 6.12. The fourth-order valence-electron chi connectivity index (χ4n) is 2.53. The van der Waals surface area contributed by atoms with Gasteiger partial charge in [0.25, 0.3) is 5.91 Å². The summed E-state index contributed by atoms with van der Waals surface area (Å²) in [6.07, 6.45) is 5.13. The molecule has 0 aliphatic heterocycles. The van der Waals surface area contributed by atoms with E-state index in [0.717, 1.165) is 12.1 Å². The van der Waals surface area contributed by atoms with Gasteiger partial charge >= 0.3 is 0 Å². The van der Waals surface area contributed by atoms with Gasteiger partial charge in [-0.2, -0.15) is 5.10 Å². The highest BCUT2D eigenvalue weighted by Gasteiger charge is 2.31. The van der Waals surface area contributed by atoms with Crippen molar-refractivity contribution < 1.29 is 9.32 Å². The van der Waals surface area contributed by atoms with Crippen LogP contribution in [0.3, 0.4) is 0 Å². The van der Waals surface area contributed by atoms with Gasteiger partial charge in [0.15, 0.2) is 0 Å². The summed E-state index contributed by atoms with van der Waals surface area (Å²) in [4.78, 5) is 12.3. The van der Waals surface area contributed by atoms with E-state index < -0.39 is 0 Å². The van der Waals surface area contributed by atoms with Crippen LogP contribution in [0, 0.1) is 5.92 Å². The van der Waals surface area contributed by atoms with E-state index >= 15 is 0 Å². The number of nitrogens with one attached hydrogen (secondary N) is 1. The molecule has 0 bridgehead atoms. The van der Waals surface area contributed by atoms with Gasteiger partial charge in [0.05, 0.1) is 17.9 Å². The van der Waals surface area contributed by atoms with Crippen LogP contribution in [0.15, 0.2) is 22.9 Å². The molecule has 1 amide bonds. The molecule has 118 valence electrons. The van der Waals surface area contributed by atoms with Crippen LogP contribution in [0.4, 0.5) is 5.82 Å². The molecule has 1 fully saturated rings. The summed E-state index contributed by atoms with van der Waals surface area (Å²) in [6, 6.07) is 3.83. The first-order valence-corrected chi connectivity index (χ1v) is 7.91. The third kappa shape index (κ3) is 2.91. The number of carbonyl (C=O) groups is 1. The van der Waals surface area contributed by atoms with Gasteiger partial charge in [-0.25, -0.2) is 4.68 Å². The first kappa shape index (κ1) is 14.8. The molecule has 0 spiro atoms. The normalized spacial score (nSPS) is 17.2. The molecule has 1 aliphatic carbocycles. The lowest BCUT2D eigenvalue weighted by Crippen LogP contribution is -2.18. The minimum Gasteiger partial charge on any atom is -0.351 e. The molecule has 2 heterocycles. The molecule has 0 unspecified atom stereocenters. The van der Waals surface area contributed by atoms with E-state index in [1.54, 1.807) is 12.3 Å². The van der Waals surface area contributed by atoms with Crippen LogP contribution in [-0.2, 0) is 0 Å². The van der Waals surface area contributed by atoms with Crippen molar-refractivity contribution in [2.45, 2.75) is 52.0 Å². The second-order valence-corrected chi connectivity index (χ2v) is 6.12. The van der Waals surface area contributed by atoms with Crippen LogP contribution in [0.1, 0.15) is 68.2 Å². The fourth-order valence-corrected chi connectivity index (χ4v) is 2.53. The molecule has 2 aromatic heterocycles. The van der Waals surface area contributed by atoms with Gasteiger partial charge in [0.2, 0.25) is 5.76 Å². The highest BCUT2D eigenvalue weighted by molar-refractivity contribution is 6.01. The lowest BCUT2D eigenvalue weighted by Gasteiger charge is -2.14. The zero-order valence-electron chi connectivity index (χ0n) is 13.2. The molecule has 1 aliphatic rings. The summed E-state index contributed by atoms with van der Waals surface area (Å²) in [5.74, 6) is 1.60. The predicted octanol–water partition coefficient (Wildman–Crippen LogP) is 3.61. The van der Waals surface area contributed by atoms with E-state index in [0.29, 0.717) is 17.8 Å². The Morgan fingerprint density at radius 3 is 2.95 bits per heavy atom. The van der Waals surface area contributed by atoms with Crippen molar-refractivity contribution in [1.82, 2.24) is 14.9 Å². The van der Waals surface area contributed by atoms with Crippen molar-refractivity contribution in [3.05, 3.63) is 29.8 Å². The van der Waals surface area contributed by atoms with Crippen LogP contribution in [0.5, 0.6) is 0 Å². The van der Waals surface area contributed by atoms with Gasteiger partial charge in [0, 0.05) is 18.1 Å². The van der Waals surface area contributed by atoms with E-state index in [2.05, 4.69) is 36.3 Å². The SMILES string of the molecule is CC[C@@H](C)c1cc(C(=O)Nc2ccnn2[C@@H](C)C2CC2)on1. The molecular weight excluding hydrogens is 280 g/mol. The van der Waals surface area contributed by atoms with Gasteiger partial charge in [-0.15, -0.1) is 0 Å². The quantitative estimate of drug-likeness (QED) is 0.884. The smallest absolute Gasteiger partial charge is 0.295 e. The van der Waals surface area contributed by atoms with E-state index in [9.17, 15) is 4.79 Å².